The van der Waals surface area contributed by atoms with Crippen molar-refractivity contribution in [3.63, 3.8) is 0 Å². The summed E-state index contributed by atoms with van der Waals surface area (Å²) in [5.41, 5.74) is 2.38. The summed E-state index contributed by atoms with van der Waals surface area (Å²) in [6.07, 6.45) is 10.6. The maximum absolute atomic E-state index is 5.67. The Morgan fingerprint density at radius 3 is 2.68 bits per heavy atom. The third-order valence-corrected chi connectivity index (χ3v) is 4.31. The molecule has 1 saturated heterocycles. The van der Waals surface area contributed by atoms with Crippen LogP contribution >= 0.6 is 0 Å². The van der Waals surface area contributed by atoms with Crippen LogP contribution in [-0.4, -0.2) is 40.8 Å². The SMILES string of the molecule is CCc1cnc(N2CC[C@@H](OC)[C@@H]2Cc2cccnc2)nc1. The number of aromatic nitrogens is 3. The first-order valence-corrected chi connectivity index (χ1v) is 7.81. The zero-order valence-electron chi connectivity index (χ0n) is 13.1. The maximum Gasteiger partial charge on any atom is 0.225 e. The van der Waals surface area contributed by atoms with Gasteiger partial charge in [0.05, 0.1) is 12.1 Å². The van der Waals surface area contributed by atoms with Crippen molar-refractivity contribution < 1.29 is 4.74 Å². The van der Waals surface area contributed by atoms with E-state index in [4.69, 9.17) is 4.74 Å². The van der Waals surface area contributed by atoms with Gasteiger partial charge in [0.2, 0.25) is 5.95 Å². The van der Waals surface area contributed by atoms with Crippen molar-refractivity contribution in [2.75, 3.05) is 18.6 Å². The number of anilines is 1. The van der Waals surface area contributed by atoms with Gasteiger partial charge in [-0.15, -0.1) is 0 Å². The highest BCUT2D eigenvalue weighted by atomic mass is 16.5. The molecular weight excluding hydrogens is 276 g/mol. The summed E-state index contributed by atoms with van der Waals surface area (Å²) >= 11 is 0. The lowest BCUT2D eigenvalue weighted by molar-refractivity contribution is 0.0952. The Kier molecular flexibility index (Phi) is 4.63. The van der Waals surface area contributed by atoms with Gasteiger partial charge in [-0.05, 0) is 36.5 Å². The summed E-state index contributed by atoms with van der Waals surface area (Å²) in [4.78, 5) is 15.5. The molecule has 0 saturated carbocycles. The van der Waals surface area contributed by atoms with Crippen LogP contribution in [0.25, 0.3) is 0 Å². The van der Waals surface area contributed by atoms with Crippen LogP contribution in [-0.2, 0) is 17.6 Å². The van der Waals surface area contributed by atoms with Crippen LogP contribution in [0.1, 0.15) is 24.5 Å². The number of pyridine rings is 1. The van der Waals surface area contributed by atoms with Crippen molar-refractivity contribution in [3.05, 3.63) is 48.0 Å². The van der Waals surface area contributed by atoms with Crippen molar-refractivity contribution in [2.45, 2.75) is 38.3 Å². The summed E-state index contributed by atoms with van der Waals surface area (Å²) in [7, 11) is 1.78. The minimum Gasteiger partial charge on any atom is -0.379 e. The summed E-state index contributed by atoms with van der Waals surface area (Å²) in [6.45, 7) is 3.04. The van der Waals surface area contributed by atoms with Crippen molar-refractivity contribution in [1.29, 1.82) is 0 Å². The van der Waals surface area contributed by atoms with Crippen molar-refractivity contribution >= 4 is 5.95 Å². The molecule has 22 heavy (non-hydrogen) atoms. The van der Waals surface area contributed by atoms with Crippen LogP contribution in [0.5, 0.6) is 0 Å². The zero-order chi connectivity index (χ0) is 15.4. The second-order valence-electron chi connectivity index (χ2n) is 5.63. The highest BCUT2D eigenvalue weighted by molar-refractivity contribution is 5.36. The van der Waals surface area contributed by atoms with Crippen molar-refractivity contribution in [2.24, 2.45) is 0 Å². The lowest BCUT2D eigenvalue weighted by Gasteiger charge is -2.27. The molecule has 0 amide bonds. The average molecular weight is 298 g/mol. The first-order chi connectivity index (χ1) is 10.8. The summed E-state index contributed by atoms with van der Waals surface area (Å²) < 4.78 is 5.67. The molecule has 1 aliphatic heterocycles. The lowest BCUT2D eigenvalue weighted by Crippen LogP contribution is -2.38. The molecular formula is C17H22N4O. The molecule has 2 aromatic heterocycles. The standard InChI is InChI=1S/C17H22N4O/c1-3-13-11-19-17(20-12-13)21-8-6-16(22-2)15(21)9-14-5-4-7-18-10-14/h4-5,7,10-12,15-16H,3,6,8-9H2,1-2H3/t15-,16+/m0/s1. The number of methoxy groups -OCH3 is 1. The van der Waals surface area contributed by atoms with E-state index in [0.717, 1.165) is 37.3 Å². The van der Waals surface area contributed by atoms with Gasteiger partial charge in [-0.25, -0.2) is 9.97 Å². The Balaban J connectivity index is 1.82. The molecule has 0 aromatic carbocycles. The Bertz CT molecular complexity index is 587. The summed E-state index contributed by atoms with van der Waals surface area (Å²) in [5, 5.41) is 0. The van der Waals surface area contributed by atoms with Crippen LogP contribution in [0.2, 0.25) is 0 Å². The Morgan fingerprint density at radius 1 is 1.23 bits per heavy atom. The van der Waals surface area contributed by atoms with Gasteiger partial charge in [0.25, 0.3) is 0 Å². The maximum atomic E-state index is 5.67. The third-order valence-electron chi connectivity index (χ3n) is 4.31. The molecule has 0 unspecified atom stereocenters. The van der Waals surface area contributed by atoms with Gasteiger partial charge in [-0.1, -0.05) is 13.0 Å². The quantitative estimate of drug-likeness (QED) is 0.847. The topological polar surface area (TPSA) is 51.1 Å². The molecule has 2 aromatic rings. The lowest BCUT2D eigenvalue weighted by atomic mass is 10.0. The smallest absolute Gasteiger partial charge is 0.225 e. The van der Waals surface area contributed by atoms with Crippen LogP contribution < -0.4 is 4.90 Å². The summed E-state index contributed by atoms with van der Waals surface area (Å²) in [5.74, 6) is 0.797. The fraction of sp³-hybridized carbons (Fsp3) is 0.471. The molecule has 1 fully saturated rings. The van der Waals surface area contributed by atoms with Gasteiger partial charge in [0.1, 0.15) is 0 Å². The van der Waals surface area contributed by atoms with E-state index in [1.165, 1.54) is 5.56 Å². The fourth-order valence-corrected chi connectivity index (χ4v) is 3.03. The third kappa shape index (κ3) is 3.09. The first-order valence-electron chi connectivity index (χ1n) is 7.81. The van der Waals surface area contributed by atoms with Crippen LogP contribution in [0.4, 0.5) is 5.95 Å². The van der Waals surface area contributed by atoms with Gasteiger partial charge in [0.15, 0.2) is 0 Å². The predicted octanol–water partition coefficient (Wildman–Crippen LogP) is 2.27. The van der Waals surface area contributed by atoms with Crippen LogP contribution in [0, 0.1) is 0 Å². The Morgan fingerprint density at radius 2 is 2.05 bits per heavy atom. The predicted molar refractivity (Wildman–Crippen MR) is 85.9 cm³/mol. The van der Waals surface area contributed by atoms with E-state index in [1.54, 1.807) is 13.3 Å². The molecule has 0 spiro atoms. The average Bonchev–Trinajstić information content (AvgIpc) is 2.98. The largest absolute Gasteiger partial charge is 0.379 e. The van der Waals surface area contributed by atoms with Gasteiger partial charge in [-0.3, -0.25) is 4.98 Å². The van der Waals surface area contributed by atoms with Crippen molar-refractivity contribution in [3.8, 4) is 0 Å². The molecule has 1 aliphatic rings. The molecule has 0 radical (unpaired) electrons. The molecule has 3 rings (SSSR count). The minimum absolute atomic E-state index is 0.203. The Labute approximate surface area is 131 Å². The van der Waals surface area contributed by atoms with E-state index in [0.29, 0.717) is 0 Å². The number of ether oxygens (including phenoxy) is 1. The monoisotopic (exact) mass is 298 g/mol. The van der Waals surface area contributed by atoms with E-state index in [9.17, 15) is 0 Å². The number of nitrogens with zero attached hydrogens (tertiary/aromatic N) is 4. The summed E-state index contributed by atoms with van der Waals surface area (Å²) in [6, 6.07) is 4.34. The molecule has 5 heteroatoms. The number of aryl methyl sites for hydroxylation is 1. The molecule has 3 heterocycles. The highest BCUT2D eigenvalue weighted by Gasteiger charge is 2.35. The normalized spacial score (nSPS) is 21.3. The number of hydrogen-bond acceptors (Lipinski definition) is 5. The molecule has 0 N–H and O–H groups in total. The molecule has 2 atom stereocenters. The highest BCUT2D eigenvalue weighted by Crippen LogP contribution is 2.27. The van der Waals surface area contributed by atoms with Gasteiger partial charge in [-0.2, -0.15) is 0 Å². The van der Waals surface area contributed by atoms with Crippen LogP contribution in [0.15, 0.2) is 36.9 Å². The molecule has 5 nitrogen and oxygen atoms in total. The van der Waals surface area contributed by atoms with Gasteiger partial charge < -0.3 is 9.64 Å². The number of hydrogen-bond donors (Lipinski definition) is 0. The van der Waals surface area contributed by atoms with E-state index >= 15 is 0 Å². The van der Waals surface area contributed by atoms with E-state index in [-0.39, 0.29) is 12.1 Å². The van der Waals surface area contributed by atoms with E-state index in [2.05, 4.69) is 32.8 Å². The zero-order valence-corrected chi connectivity index (χ0v) is 13.1. The fourth-order valence-electron chi connectivity index (χ4n) is 3.03. The molecule has 0 bridgehead atoms. The van der Waals surface area contributed by atoms with E-state index < -0.39 is 0 Å². The number of rotatable bonds is 5. The van der Waals surface area contributed by atoms with E-state index in [1.807, 2.05) is 24.7 Å². The van der Waals surface area contributed by atoms with Gasteiger partial charge >= 0.3 is 0 Å². The second-order valence-corrected chi connectivity index (χ2v) is 5.63. The van der Waals surface area contributed by atoms with Crippen molar-refractivity contribution in [1.82, 2.24) is 15.0 Å². The second kappa shape index (κ2) is 6.83. The van der Waals surface area contributed by atoms with Gasteiger partial charge in [0, 0.05) is 38.4 Å². The Hall–Kier alpha value is -2.01. The molecule has 116 valence electrons. The molecule has 0 aliphatic carbocycles. The minimum atomic E-state index is 0.203. The first kappa shape index (κ1) is 14.9. The van der Waals surface area contributed by atoms with Crippen LogP contribution in [0.3, 0.4) is 0 Å².